The summed E-state index contributed by atoms with van der Waals surface area (Å²) in [6.45, 7) is 10.7. The molecule has 3 atom stereocenters. The number of carbonyl (C=O) groups excluding carboxylic acids is 2. The molecule has 4 saturated heterocycles. The van der Waals surface area contributed by atoms with Crippen molar-refractivity contribution in [2.24, 2.45) is 16.5 Å². The summed E-state index contributed by atoms with van der Waals surface area (Å²) in [5, 5.41) is 7.81. The summed E-state index contributed by atoms with van der Waals surface area (Å²) >= 11 is 0. The predicted molar refractivity (Wildman–Crippen MR) is 168 cm³/mol. The molecule has 1 aromatic heterocycles. The van der Waals surface area contributed by atoms with Gasteiger partial charge in [0.15, 0.2) is 11.6 Å². The van der Waals surface area contributed by atoms with Crippen LogP contribution in [0.5, 0.6) is 11.5 Å². The number of amides is 2. The molecular formula is C33H44FN7O4. The number of fused-ring (bicyclic) bond motifs is 3. The van der Waals surface area contributed by atoms with Crippen LogP contribution in [0.25, 0.3) is 0 Å². The SMILES string of the molecule is CO/N=C1\C[C@@H]2CC[C@H]1[C@@H](C(=O)N1CCC3(CC1)CN(c1ncncc1Oc1ccc(F)cc1C(=O)N(C(C)C)C(C)C)C3)N2. The van der Waals surface area contributed by atoms with E-state index in [1.165, 1.54) is 24.5 Å². The lowest BCUT2D eigenvalue weighted by Gasteiger charge is -2.55. The smallest absolute Gasteiger partial charge is 0.258 e. The second kappa shape index (κ2) is 12.5. The summed E-state index contributed by atoms with van der Waals surface area (Å²) in [6, 6.07) is 3.92. The molecule has 5 fully saturated rings. The number of oxime groups is 1. The molecule has 7 rings (SSSR count). The van der Waals surface area contributed by atoms with Gasteiger partial charge in [0, 0.05) is 62.1 Å². The van der Waals surface area contributed by atoms with Gasteiger partial charge in [0.2, 0.25) is 5.91 Å². The summed E-state index contributed by atoms with van der Waals surface area (Å²) in [5.41, 5.74) is 1.25. The van der Waals surface area contributed by atoms with E-state index in [9.17, 15) is 14.0 Å². The molecule has 1 aromatic carbocycles. The van der Waals surface area contributed by atoms with E-state index in [1.54, 1.807) is 18.2 Å². The third-order valence-corrected chi connectivity index (χ3v) is 9.89. The maximum atomic E-state index is 14.4. The third kappa shape index (κ3) is 6.08. The number of benzene rings is 1. The van der Waals surface area contributed by atoms with Gasteiger partial charge < -0.3 is 29.6 Å². The van der Waals surface area contributed by atoms with Gasteiger partial charge in [0.1, 0.15) is 25.0 Å². The Kier molecular flexibility index (Phi) is 8.69. The third-order valence-electron chi connectivity index (χ3n) is 9.89. The predicted octanol–water partition coefficient (Wildman–Crippen LogP) is 4.24. The first-order chi connectivity index (χ1) is 21.6. The van der Waals surface area contributed by atoms with E-state index >= 15 is 0 Å². The number of nitrogens with zero attached hydrogens (tertiary/aromatic N) is 6. The van der Waals surface area contributed by atoms with Gasteiger partial charge in [-0.15, -0.1) is 0 Å². The quantitative estimate of drug-likeness (QED) is 0.436. The lowest BCUT2D eigenvalue weighted by atomic mass is 9.71. The second-order valence-electron chi connectivity index (χ2n) is 13.5. The van der Waals surface area contributed by atoms with Gasteiger partial charge in [0.05, 0.1) is 23.5 Å². The number of carbonyl (C=O) groups is 2. The molecule has 11 nitrogen and oxygen atoms in total. The van der Waals surface area contributed by atoms with E-state index in [1.807, 2.05) is 32.6 Å². The van der Waals surface area contributed by atoms with Crippen LogP contribution >= 0.6 is 0 Å². The average molecular weight is 622 g/mol. The van der Waals surface area contributed by atoms with Crippen LogP contribution < -0.4 is 15.0 Å². The first kappa shape index (κ1) is 31.2. The average Bonchev–Trinajstić information content (AvgIpc) is 3.01. The molecule has 1 aliphatic carbocycles. The number of ether oxygens (including phenoxy) is 1. The molecule has 12 heteroatoms. The highest BCUT2D eigenvalue weighted by atomic mass is 19.1. The number of hydrogen-bond donors (Lipinski definition) is 1. The molecule has 4 aliphatic heterocycles. The lowest BCUT2D eigenvalue weighted by Crippen LogP contribution is -2.65. The van der Waals surface area contributed by atoms with Gasteiger partial charge in [-0.1, -0.05) is 5.16 Å². The van der Waals surface area contributed by atoms with Crippen LogP contribution in [0.2, 0.25) is 0 Å². The number of aromatic nitrogens is 2. The van der Waals surface area contributed by atoms with Gasteiger partial charge in [-0.25, -0.2) is 14.4 Å². The number of likely N-dealkylation sites (tertiary alicyclic amines) is 1. The largest absolute Gasteiger partial charge is 0.451 e. The Hall–Kier alpha value is -3.80. The highest BCUT2D eigenvalue weighted by Gasteiger charge is 2.49. The molecular weight excluding hydrogens is 577 g/mol. The molecule has 2 aromatic rings. The Bertz CT molecular complexity index is 1440. The number of anilines is 1. The van der Waals surface area contributed by atoms with Gasteiger partial charge in [-0.05, 0) is 71.6 Å². The van der Waals surface area contributed by atoms with E-state index in [2.05, 4.69) is 25.3 Å². The van der Waals surface area contributed by atoms with Crippen molar-refractivity contribution in [3.8, 4) is 11.5 Å². The molecule has 45 heavy (non-hydrogen) atoms. The number of nitrogens with one attached hydrogen (secondary N) is 1. The van der Waals surface area contributed by atoms with Crippen LogP contribution in [0.4, 0.5) is 10.2 Å². The fraction of sp³-hybridized carbons (Fsp3) is 0.606. The second-order valence-corrected chi connectivity index (χ2v) is 13.5. The maximum absolute atomic E-state index is 14.4. The normalized spacial score (nSPS) is 24.7. The Labute approximate surface area is 264 Å². The Morgan fingerprint density at radius 1 is 1.11 bits per heavy atom. The summed E-state index contributed by atoms with van der Waals surface area (Å²) in [7, 11) is 1.57. The number of hydrogen-bond acceptors (Lipinski definition) is 9. The fourth-order valence-electron chi connectivity index (χ4n) is 7.72. The summed E-state index contributed by atoms with van der Waals surface area (Å²) < 4.78 is 20.6. The molecule has 1 N–H and O–H groups in total. The molecule has 2 amide bonds. The topological polar surface area (TPSA) is 112 Å². The molecule has 0 unspecified atom stereocenters. The summed E-state index contributed by atoms with van der Waals surface area (Å²) in [4.78, 5) is 46.8. The minimum atomic E-state index is -0.507. The van der Waals surface area contributed by atoms with Crippen LogP contribution in [0, 0.1) is 17.2 Å². The van der Waals surface area contributed by atoms with E-state index in [0.717, 1.165) is 64.0 Å². The minimum absolute atomic E-state index is 0.0701. The van der Waals surface area contributed by atoms with E-state index in [0.29, 0.717) is 11.6 Å². The molecule has 242 valence electrons. The summed E-state index contributed by atoms with van der Waals surface area (Å²) in [6.07, 6.45) is 7.77. The Morgan fingerprint density at radius 3 is 2.51 bits per heavy atom. The molecule has 2 bridgehead atoms. The van der Waals surface area contributed by atoms with E-state index in [-0.39, 0.29) is 58.6 Å². The first-order valence-electron chi connectivity index (χ1n) is 16.1. The van der Waals surface area contributed by atoms with Crippen molar-refractivity contribution < 1.29 is 23.6 Å². The van der Waals surface area contributed by atoms with Crippen molar-refractivity contribution in [1.82, 2.24) is 25.1 Å². The Morgan fingerprint density at radius 2 is 1.84 bits per heavy atom. The van der Waals surface area contributed by atoms with Crippen LogP contribution in [-0.4, -0.2) is 94.8 Å². The van der Waals surface area contributed by atoms with Gasteiger partial charge in [0.25, 0.3) is 5.91 Å². The van der Waals surface area contributed by atoms with Crippen LogP contribution in [0.3, 0.4) is 0 Å². The van der Waals surface area contributed by atoms with Crippen molar-refractivity contribution in [2.75, 3.05) is 38.2 Å². The first-order valence-corrected chi connectivity index (χ1v) is 16.1. The van der Waals surface area contributed by atoms with E-state index < -0.39 is 5.82 Å². The van der Waals surface area contributed by atoms with Crippen LogP contribution in [-0.2, 0) is 9.63 Å². The monoisotopic (exact) mass is 621 g/mol. The highest BCUT2D eigenvalue weighted by Crippen LogP contribution is 2.45. The molecule has 0 radical (unpaired) electrons. The van der Waals surface area contributed by atoms with Crippen molar-refractivity contribution in [1.29, 1.82) is 0 Å². The number of piperidine rings is 3. The maximum Gasteiger partial charge on any atom is 0.258 e. The molecule has 5 heterocycles. The molecule has 5 aliphatic rings. The van der Waals surface area contributed by atoms with Crippen molar-refractivity contribution in [3.63, 3.8) is 0 Å². The number of rotatable bonds is 8. The zero-order valence-corrected chi connectivity index (χ0v) is 26.8. The highest BCUT2D eigenvalue weighted by molar-refractivity contribution is 5.97. The zero-order chi connectivity index (χ0) is 31.9. The van der Waals surface area contributed by atoms with Crippen molar-refractivity contribution >= 4 is 23.3 Å². The van der Waals surface area contributed by atoms with Crippen molar-refractivity contribution in [3.05, 3.63) is 42.1 Å². The zero-order valence-electron chi connectivity index (χ0n) is 26.8. The van der Waals surface area contributed by atoms with Gasteiger partial charge >= 0.3 is 0 Å². The minimum Gasteiger partial charge on any atom is -0.451 e. The standard InChI is InChI=1S/C33H44FN7O4/c1-20(2)41(21(3)4)31(42)25-14-22(34)6-9-27(25)45-28-16-35-19-36-30(28)40-17-33(18-40)10-12-39(13-11-33)32(43)29-24-8-7-23(37-29)15-26(24)38-44-5/h6,9,14,16,19-21,23-24,29,37H,7-8,10-13,15,17-18H2,1-5H3/b38-26+/t23-,24+,29-/m0/s1. The fourth-order valence-corrected chi connectivity index (χ4v) is 7.72. The van der Waals surface area contributed by atoms with Gasteiger partial charge in [-0.3, -0.25) is 9.59 Å². The van der Waals surface area contributed by atoms with Crippen LogP contribution in [0.1, 0.15) is 70.2 Å². The molecule has 1 saturated carbocycles. The Balaban J connectivity index is 1.11. The van der Waals surface area contributed by atoms with Gasteiger partial charge in [-0.2, -0.15) is 0 Å². The molecule has 1 spiro atoms. The van der Waals surface area contributed by atoms with Crippen LogP contribution in [0.15, 0.2) is 35.9 Å². The van der Waals surface area contributed by atoms with Crippen molar-refractivity contribution in [2.45, 2.75) is 84.0 Å². The van der Waals surface area contributed by atoms with E-state index in [4.69, 9.17) is 9.57 Å². The summed E-state index contributed by atoms with van der Waals surface area (Å²) in [5.74, 6) is 0.771. The lowest BCUT2D eigenvalue weighted by molar-refractivity contribution is -0.138. The number of halogens is 1.